The van der Waals surface area contributed by atoms with Gasteiger partial charge in [-0.3, -0.25) is 4.57 Å². The van der Waals surface area contributed by atoms with Gasteiger partial charge in [0.15, 0.2) is 5.85 Å². The van der Waals surface area contributed by atoms with Crippen LogP contribution in [0.15, 0.2) is 42.5 Å². The molecule has 4 nitrogen and oxygen atoms in total. The average Bonchev–Trinajstić information content (AvgIpc) is 2.68. The van der Waals surface area contributed by atoms with Crippen LogP contribution in [0.25, 0.3) is 10.8 Å². The van der Waals surface area contributed by atoms with Gasteiger partial charge >= 0.3 is 7.60 Å². The molecule has 0 radical (unpaired) electrons. The van der Waals surface area contributed by atoms with E-state index in [0.717, 1.165) is 30.0 Å². The number of hydrogen-bond acceptors (Lipinski definition) is 2. The summed E-state index contributed by atoms with van der Waals surface area (Å²) in [5, 5.41) is 1.79. The fraction of sp³-hybridized carbons (Fsp3) is 0.565. The maximum atomic E-state index is 12.1. The Morgan fingerprint density at radius 1 is 0.821 bits per heavy atom. The van der Waals surface area contributed by atoms with Crippen molar-refractivity contribution >= 4 is 18.4 Å². The van der Waals surface area contributed by atoms with Gasteiger partial charge in [-0.2, -0.15) is 0 Å². The third-order valence-corrected chi connectivity index (χ3v) is 6.21. The Labute approximate surface area is 169 Å². The molecule has 0 aliphatic rings. The predicted octanol–water partition coefficient (Wildman–Crippen LogP) is 6.95. The Bertz CT molecular complexity index is 735. The highest BCUT2D eigenvalue weighted by atomic mass is 31.2. The summed E-state index contributed by atoms with van der Waals surface area (Å²) in [6.07, 6.45) is 12.2. The SMILES string of the molecule is CCCCCCCCCCCCOC(c1cccc2ccccc12)P(=O)(O)O. The van der Waals surface area contributed by atoms with E-state index in [4.69, 9.17) is 4.74 Å². The Balaban J connectivity index is 1.77. The fourth-order valence-corrected chi connectivity index (χ4v) is 4.51. The molecule has 0 aliphatic carbocycles. The first-order valence-corrected chi connectivity index (χ1v) is 12.4. The van der Waals surface area contributed by atoms with E-state index >= 15 is 0 Å². The van der Waals surface area contributed by atoms with Crippen LogP contribution in [0.3, 0.4) is 0 Å². The largest absolute Gasteiger partial charge is 0.361 e. The van der Waals surface area contributed by atoms with Crippen molar-refractivity contribution < 1.29 is 19.1 Å². The molecule has 1 atom stereocenters. The molecule has 2 aromatic rings. The summed E-state index contributed by atoms with van der Waals surface area (Å²) in [7, 11) is -4.40. The van der Waals surface area contributed by atoms with Crippen LogP contribution in [0.5, 0.6) is 0 Å². The van der Waals surface area contributed by atoms with Gasteiger partial charge in [0.25, 0.3) is 0 Å². The first-order valence-electron chi connectivity index (χ1n) is 10.7. The lowest BCUT2D eigenvalue weighted by atomic mass is 10.1. The maximum absolute atomic E-state index is 12.1. The second kappa shape index (κ2) is 12.4. The molecule has 156 valence electrons. The average molecular weight is 407 g/mol. The Morgan fingerprint density at radius 2 is 1.39 bits per heavy atom. The zero-order chi connectivity index (χ0) is 20.2. The molecule has 1 unspecified atom stereocenters. The van der Waals surface area contributed by atoms with E-state index < -0.39 is 13.4 Å². The van der Waals surface area contributed by atoms with E-state index in [1.807, 2.05) is 36.4 Å². The van der Waals surface area contributed by atoms with Gasteiger partial charge in [-0.05, 0) is 17.2 Å². The minimum absolute atomic E-state index is 0.371. The van der Waals surface area contributed by atoms with Crippen molar-refractivity contribution in [3.05, 3.63) is 48.0 Å². The van der Waals surface area contributed by atoms with Crippen LogP contribution in [-0.2, 0) is 9.30 Å². The lowest BCUT2D eigenvalue weighted by molar-refractivity contribution is 0.0833. The molecule has 0 fully saturated rings. The van der Waals surface area contributed by atoms with E-state index in [1.54, 1.807) is 6.07 Å². The topological polar surface area (TPSA) is 66.8 Å². The zero-order valence-electron chi connectivity index (χ0n) is 17.1. The molecule has 0 saturated heterocycles. The van der Waals surface area contributed by atoms with E-state index in [0.29, 0.717) is 12.2 Å². The first kappa shape index (κ1) is 23.1. The Hall–Kier alpha value is -1.19. The molecule has 5 heteroatoms. The molecule has 2 N–H and O–H groups in total. The maximum Gasteiger partial charge on any atom is 0.358 e. The highest BCUT2D eigenvalue weighted by Gasteiger charge is 2.32. The lowest BCUT2D eigenvalue weighted by Crippen LogP contribution is -2.07. The summed E-state index contributed by atoms with van der Waals surface area (Å²) in [6, 6.07) is 13.1. The van der Waals surface area contributed by atoms with Crippen LogP contribution in [0, 0.1) is 0 Å². The number of fused-ring (bicyclic) bond motifs is 1. The quantitative estimate of drug-likeness (QED) is 0.263. The highest BCUT2D eigenvalue weighted by molar-refractivity contribution is 7.52. The molecule has 0 aromatic heterocycles. The van der Waals surface area contributed by atoms with Crippen molar-refractivity contribution in [2.45, 2.75) is 77.0 Å². The molecular weight excluding hydrogens is 371 g/mol. The molecule has 0 saturated carbocycles. The lowest BCUT2D eigenvalue weighted by Gasteiger charge is -2.21. The van der Waals surface area contributed by atoms with Crippen molar-refractivity contribution in [1.29, 1.82) is 0 Å². The molecule has 0 heterocycles. The van der Waals surface area contributed by atoms with Gasteiger partial charge in [0.2, 0.25) is 0 Å². The monoisotopic (exact) mass is 406 g/mol. The number of rotatable bonds is 14. The minimum atomic E-state index is -4.40. The van der Waals surface area contributed by atoms with E-state index in [9.17, 15) is 14.4 Å². The van der Waals surface area contributed by atoms with Crippen LogP contribution < -0.4 is 0 Å². The molecular formula is C23H35O4P. The number of benzene rings is 2. The van der Waals surface area contributed by atoms with Gasteiger partial charge in [-0.15, -0.1) is 0 Å². The number of unbranched alkanes of at least 4 members (excludes halogenated alkanes) is 9. The van der Waals surface area contributed by atoms with Crippen LogP contribution in [0.4, 0.5) is 0 Å². The summed E-state index contributed by atoms with van der Waals surface area (Å²) in [4.78, 5) is 19.7. The van der Waals surface area contributed by atoms with Crippen molar-refractivity contribution in [3.8, 4) is 0 Å². The Morgan fingerprint density at radius 3 is 2.04 bits per heavy atom. The Kier molecular flexibility index (Phi) is 10.2. The normalized spacial score (nSPS) is 13.1. The van der Waals surface area contributed by atoms with Crippen LogP contribution in [-0.4, -0.2) is 16.4 Å². The minimum Gasteiger partial charge on any atom is -0.361 e. The van der Waals surface area contributed by atoms with Crippen molar-refractivity contribution in [3.63, 3.8) is 0 Å². The van der Waals surface area contributed by atoms with Gasteiger partial charge in [-0.25, -0.2) is 0 Å². The summed E-state index contributed by atoms with van der Waals surface area (Å²) < 4.78 is 17.8. The summed E-state index contributed by atoms with van der Waals surface area (Å²) >= 11 is 0. The van der Waals surface area contributed by atoms with Crippen molar-refractivity contribution in [2.24, 2.45) is 0 Å². The van der Waals surface area contributed by atoms with Crippen molar-refractivity contribution in [2.75, 3.05) is 6.61 Å². The molecule has 0 spiro atoms. The molecule has 0 bridgehead atoms. The van der Waals surface area contributed by atoms with E-state index in [2.05, 4.69) is 6.92 Å². The fourth-order valence-electron chi connectivity index (χ4n) is 3.62. The first-order chi connectivity index (χ1) is 13.5. The number of ether oxygens (including phenoxy) is 1. The van der Waals surface area contributed by atoms with Crippen LogP contribution >= 0.6 is 7.60 Å². The molecule has 2 rings (SSSR count). The van der Waals surface area contributed by atoms with Gasteiger partial charge in [0, 0.05) is 12.2 Å². The molecule has 2 aromatic carbocycles. The van der Waals surface area contributed by atoms with Gasteiger partial charge in [0.1, 0.15) is 0 Å². The zero-order valence-corrected chi connectivity index (χ0v) is 17.9. The summed E-state index contributed by atoms with van der Waals surface area (Å²) in [6.45, 7) is 2.61. The summed E-state index contributed by atoms with van der Waals surface area (Å²) in [5.74, 6) is -1.20. The smallest absolute Gasteiger partial charge is 0.358 e. The molecule has 0 amide bonds. The van der Waals surface area contributed by atoms with Gasteiger partial charge in [-0.1, -0.05) is 107 Å². The highest BCUT2D eigenvalue weighted by Crippen LogP contribution is 2.53. The summed E-state index contributed by atoms with van der Waals surface area (Å²) in [5.41, 5.74) is 0.568. The second-order valence-electron chi connectivity index (χ2n) is 7.56. The van der Waals surface area contributed by atoms with Crippen LogP contribution in [0.1, 0.15) is 82.5 Å². The third kappa shape index (κ3) is 7.67. The molecule has 28 heavy (non-hydrogen) atoms. The van der Waals surface area contributed by atoms with Gasteiger partial charge < -0.3 is 14.5 Å². The van der Waals surface area contributed by atoms with E-state index in [-0.39, 0.29) is 0 Å². The van der Waals surface area contributed by atoms with Crippen LogP contribution in [0.2, 0.25) is 0 Å². The second-order valence-corrected chi connectivity index (χ2v) is 9.21. The third-order valence-electron chi connectivity index (χ3n) is 5.17. The number of hydrogen-bond donors (Lipinski definition) is 2. The van der Waals surface area contributed by atoms with Crippen molar-refractivity contribution in [1.82, 2.24) is 0 Å². The predicted molar refractivity (Wildman–Crippen MR) is 117 cm³/mol. The molecule has 0 aliphatic heterocycles. The standard InChI is InChI=1S/C23H35O4P/c1-2-3-4-5-6-7-8-9-10-13-19-27-23(28(24,25)26)22-18-14-16-20-15-11-12-17-21(20)22/h11-12,14-18,23H,2-10,13,19H2,1H3,(H2,24,25,26). The van der Waals surface area contributed by atoms with E-state index in [1.165, 1.54) is 44.9 Å². The van der Waals surface area contributed by atoms with Gasteiger partial charge in [0.05, 0.1) is 0 Å².